The fourth-order valence-corrected chi connectivity index (χ4v) is 8.92. The van der Waals surface area contributed by atoms with Crippen LogP contribution >= 0.6 is 0 Å². The van der Waals surface area contributed by atoms with E-state index in [-0.39, 0.29) is 35.1 Å². The molecule has 0 saturated carbocycles. The lowest BCUT2D eigenvalue weighted by atomic mass is 9.89. The first-order valence-corrected chi connectivity index (χ1v) is 19.5. The molecule has 15 nitrogen and oxygen atoms in total. The van der Waals surface area contributed by atoms with Gasteiger partial charge in [-0.1, -0.05) is 6.07 Å². The van der Waals surface area contributed by atoms with E-state index in [0.717, 1.165) is 42.4 Å². The molecule has 2 aromatic carbocycles. The van der Waals surface area contributed by atoms with Crippen LogP contribution in [0.15, 0.2) is 53.7 Å². The maximum atomic E-state index is 13.7. The van der Waals surface area contributed by atoms with Crippen LogP contribution in [0.4, 0.5) is 16.6 Å². The predicted octanol–water partition coefficient (Wildman–Crippen LogP) is 3.90. The van der Waals surface area contributed by atoms with Gasteiger partial charge in [0.1, 0.15) is 17.9 Å². The third kappa shape index (κ3) is 7.82. The number of fused-ring (bicyclic) bond motifs is 1. The molecule has 5 heterocycles. The Labute approximate surface area is 309 Å². The second kappa shape index (κ2) is 15.1. The number of hydrogen-bond acceptors (Lipinski definition) is 11. The van der Waals surface area contributed by atoms with Gasteiger partial charge >= 0.3 is 6.03 Å². The average Bonchev–Trinajstić information content (AvgIpc) is 3.48. The summed E-state index contributed by atoms with van der Waals surface area (Å²) in [6, 6.07) is 12.5. The van der Waals surface area contributed by atoms with E-state index < -0.39 is 16.1 Å². The van der Waals surface area contributed by atoms with Crippen LogP contribution in [0.3, 0.4) is 0 Å². The van der Waals surface area contributed by atoms with Gasteiger partial charge in [-0.15, -0.1) is 0 Å². The van der Waals surface area contributed by atoms with Gasteiger partial charge in [0.25, 0.3) is 0 Å². The molecule has 1 atom stereocenters. The number of carbonyl (C=O) groups is 2. The van der Waals surface area contributed by atoms with Gasteiger partial charge < -0.3 is 10.1 Å². The zero-order valence-electron chi connectivity index (χ0n) is 30.2. The number of piperidine rings is 2. The summed E-state index contributed by atoms with van der Waals surface area (Å²) in [7, 11) is -1.93. The van der Waals surface area contributed by atoms with Crippen molar-refractivity contribution in [3.63, 3.8) is 0 Å². The van der Waals surface area contributed by atoms with Gasteiger partial charge in [0.2, 0.25) is 21.9 Å². The monoisotopic (exact) mass is 740 g/mol. The third-order valence-corrected chi connectivity index (χ3v) is 12.2. The Hall–Kier alpha value is -5.11. The zero-order valence-corrected chi connectivity index (χ0v) is 31.0. The van der Waals surface area contributed by atoms with Crippen molar-refractivity contribution in [3.8, 4) is 11.8 Å². The first-order chi connectivity index (χ1) is 25.5. The quantitative estimate of drug-likeness (QED) is 0.241. The summed E-state index contributed by atoms with van der Waals surface area (Å²) in [4.78, 5) is 36.7. The van der Waals surface area contributed by atoms with Gasteiger partial charge in [0.15, 0.2) is 5.82 Å². The molecule has 3 fully saturated rings. The SMILES string of the molecule is Cc1cnc(NC2CCN(S(=O)(=O)c3ccc(C#N)c(O[C@@H](C)CN4CCC(c5ccc6c(N7CCC(=O)NC7=O)nn(C)c6c5)CC4)c3)CC2)nc1. The lowest BCUT2D eigenvalue weighted by Crippen LogP contribution is -2.49. The van der Waals surface area contributed by atoms with Crippen LogP contribution in [-0.4, -0.2) is 101 Å². The minimum Gasteiger partial charge on any atom is -0.488 e. The van der Waals surface area contributed by atoms with E-state index in [9.17, 15) is 23.3 Å². The molecule has 278 valence electrons. The summed E-state index contributed by atoms with van der Waals surface area (Å²) < 4.78 is 36.9. The van der Waals surface area contributed by atoms with Crippen molar-refractivity contribution in [2.75, 3.05) is 49.5 Å². The molecule has 3 aliphatic heterocycles. The molecular weight excluding hydrogens is 697 g/mol. The van der Waals surface area contributed by atoms with Gasteiger partial charge in [0, 0.05) is 69.5 Å². The van der Waals surface area contributed by atoms with Gasteiger partial charge in [-0.05, 0) is 93.9 Å². The van der Waals surface area contributed by atoms with Crippen LogP contribution in [-0.2, 0) is 21.9 Å². The Morgan fingerprint density at radius 1 is 1.02 bits per heavy atom. The summed E-state index contributed by atoms with van der Waals surface area (Å²) in [5, 5.41) is 21.0. The van der Waals surface area contributed by atoms with E-state index in [2.05, 4.69) is 48.8 Å². The topological polar surface area (TPSA) is 179 Å². The van der Waals surface area contributed by atoms with Crippen LogP contribution < -0.4 is 20.3 Å². The number of anilines is 2. The Bertz CT molecular complexity index is 2150. The van der Waals surface area contributed by atoms with Gasteiger partial charge in [-0.2, -0.15) is 14.7 Å². The highest BCUT2D eigenvalue weighted by Gasteiger charge is 2.32. The molecule has 0 spiro atoms. The van der Waals surface area contributed by atoms with Gasteiger partial charge in [-0.3, -0.25) is 24.6 Å². The third-order valence-electron chi connectivity index (χ3n) is 10.3. The number of nitrogens with one attached hydrogen (secondary N) is 2. The maximum absolute atomic E-state index is 13.7. The highest BCUT2D eigenvalue weighted by atomic mass is 32.2. The van der Waals surface area contributed by atoms with E-state index in [1.54, 1.807) is 17.1 Å². The van der Waals surface area contributed by atoms with Gasteiger partial charge in [-0.25, -0.2) is 23.2 Å². The molecule has 2 N–H and O–H groups in total. The van der Waals surface area contributed by atoms with E-state index >= 15 is 0 Å². The van der Waals surface area contributed by atoms with Crippen molar-refractivity contribution in [1.29, 1.82) is 5.26 Å². The fraction of sp³-hybridized carbons (Fsp3) is 0.459. The number of imide groups is 1. The summed E-state index contributed by atoms with van der Waals surface area (Å²) >= 11 is 0. The van der Waals surface area contributed by atoms with E-state index in [0.29, 0.717) is 62.3 Å². The first-order valence-electron chi connectivity index (χ1n) is 18.0. The number of likely N-dealkylation sites (tertiary alicyclic amines) is 1. The van der Waals surface area contributed by atoms with Crippen LogP contribution in [0, 0.1) is 18.3 Å². The summed E-state index contributed by atoms with van der Waals surface area (Å²) in [5.74, 6) is 1.42. The maximum Gasteiger partial charge on any atom is 0.329 e. The summed E-state index contributed by atoms with van der Waals surface area (Å²) in [6.45, 7) is 7.21. The summed E-state index contributed by atoms with van der Waals surface area (Å²) in [6.07, 6.45) is 6.57. The molecule has 0 bridgehead atoms. The Balaban J connectivity index is 0.939. The van der Waals surface area contributed by atoms with Crippen LogP contribution in [0.5, 0.6) is 5.75 Å². The number of aryl methyl sites for hydroxylation is 2. The molecule has 4 aromatic rings. The standard InChI is InChI=1S/C37H44N10O5S/c1-24-21-39-36(40-22-24)41-29-10-15-46(16-11-29)53(50,51)30-6-4-28(20-38)33(19-30)52-25(2)23-45-13-8-26(9-14-45)27-5-7-31-32(18-27)44(3)43-35(31)47-17-12-34(48)42-37(47)49/h4-7,18-19,21-22,25-26,29H,8-17,23H2,1-3H3,(H,39,40,41)(H,42,48,49)/t25-/m0/s1. The van der Waals surface area contributed by atoms with Crippen molar-refractivity contribution < 1.29 is 22.7 Å². The molecule has 3 aliphatic rings. The highest BCUT2D eigenvalue weighted by molar-refractivity contribution is 7.89. The molecule has 0 aliphatic carbocycles. The minimum atomic E-state index is -3.80. The normalized spacial score (nSPS) is 18.9. The first kappa shape index (κ1) is 36.3. The number of benzene rings is 2. The molecular formula is C37H44N10O5S. The number of aromatic nitrogens is 4. The number of nitrogens with zero attached hydrogens (tertiary/aromatic N) is 8. The van der Waals surface area contributed by atoms with Crippen molar-refractivity contribution in [3.05, 3.63) is 65.5 Å². The lowest BCUT2D eigenvalue weighted by Gasteiger charge is -2.34. The van der Waals surface area contributed by atoms with Crippen molar-refractivity contribution in [2.24, 2.45) is 7.05 Å². The minimum absolute atomic E-state index is 0.0677. The molecule has 7 rings (SSSR count). The Morgan fingerprint density at radius 2 is 1.75 bits per heavy atom. The average molecular weight is 741 g/mol. The summed E-state index contributed by atoms with van der Waals surface area (Å²) in [5.41, 5.74) is 3.40. The van der Waals surface area contributed by atoms with Crippen molar-refractivity contribution in [2.45, 2.75) is 68.9 Å². The van der Waals surface area contributed by atoms with E-state index in [1.807, 2.05) is 27.0 Å². The molecule has 0 radical (unpaired) electrons. The largest absolute Gasteiger partial charge is 0.488 e. The number of sulfonamides is 1. The number of carbonyl (C=O) groups excluding carboxylic acids is 2. The second-order valence-corrected chi connectivity index (χ2v) is 16.1. The predicted molar refractivity (Wildman–Crippen MR) is 198 cm³/mol. The highest BCUT2D eigenvalue weighted by Crippen LogP contribution is 2.34. The Kier molecular flexibility index (Phi) is 10.3. The number of ether oxygens (including phenoxy) is 1. The fourth-order valence-electron chi connectivity index (χ4n) is 7.43. The number of hydrogen-bond donors (Lipinski definition) is 2. The molecule has 3 amide bonds. The number of nitriles is 1. The smallest absolute Gasteiger partial charge is 0.329 e. The lowest BCUT2D eigenvalue weighted by molar-refractivity contribution is -0.120. The van der Waals surface area contributed by atoms with Crippen molar-refractivity contribution >= 4 is 44.6 Å². The van der Waals surface area contributed by atoms with E-state index in [4.69, 9.17) is 4.74 Å². The zero-order chi connectivity index (χ0) is 37.3. The van der Waals surface area contributed by atoms with Crippen molar-refractivity contribution in [1.82, 2.24) is 34.3 Å². The number of rotatable bonds is 10. The van der Waals surface area contributed by atoms with Crippen LogP contribution in [0.2, 0.25) is 0 Å². The second-order valence-electron chi connectivity index (χ2n) is 14.2. The van der Waals surface area contributed by atoms with Crippen LogP contribution in [0.1, 0.15) is 61.6 Å². The molecule has 16 heteroatoms. The molecule has 53 heavy (non-hydrogen) atoms. The number of amides is 3. The Morgan fingerprint density at radius 3 is 2.45 bits per heavy atom. The molecule has 2 aromatic heterocycles. The van der Waals surface area contributed by atoms with Crippen LogP contribution in [0.25, 0.3) is 10.9 Å². The van der Waals surface area contributed by atoms with E-state index in [1.165, 1.54) is 33.0 Å². The molecule has 0 unspecified atom stereocenters. The molecule has 3 saturated heterocycles. The number of urea groups is 1. The van der Waals surface area contributed by atoms with Gasteiger partial charge in [0.05, 0.1) is 16.0 Å².